The van der Waals surface area contributed by atoms with E-state index in [9.17, 15) is 4.79 Å². The normalized spacial score (nSPS) is 15.2. The summed E-state index contributed by atoms with van der Waals surface area (Å²) in [6.07, 6.45) is 10.6. The maximum absolute atomic E-state index is 12.9. The van der Waals surface area contributed by atoms with Crippen LogP contribution < -0.4 is 16.0 Å². The maximum Gasteiger partial charge on any atom is 0.255 e. The molecule has 3 N–H and O–H groups in total. The topological polar surface area (TPSA) is 81.1 Å². The van der Waals surface area contributed by atoms with E-state index in [0.29, 0.717) is 12.2 Å². The third-order valence-electron chi connectivity index (χ3n) is 6.32. The van der Waals surface area contributed by atoms with Gasteiger partial charge in [-0.2, -0.15) is 0 Å². The summed E-state index contributed by atoms with van der Waals surface area (Å²) in [7, 11) is 0. The van der Waals surface area contributed by atoms with Crippen molar-refractivity contribution in [1.29, 1.82) is 0 Å². The van der Waals surface area contributed by atoms with Crippen molar-refractivity contribution < 1.29 is 4.79 Å². The number of aliphatic imine (C=N–C) groups is 2. The van der Waals surface area contributed by atoms with Gasteiger partial charge in [0.2, 0.25) is 0 Å². The number of aryl methyl sites for hydroxylation is 1. The molecule has 1 aliphatic heterocycles. The average molecular weight is 513 g/mol. The number of rotatable bonds is 12. The second-order valence-electron chi connectivity index (χ2n) is 9.14. The summed E-state index contributed by atoms with van der Waals surface area (Å²) in [5.41, 5.74) is 6.40. The molecule has 0 spiro atoms. The highest BCUT2D eigenvalue weighted by atomic mass is 16.1. The summed E-state index contributed by atoms with van der Waals surface area (Å²) in [6, 6.07) is 13.7. The monoisotopic (exact) mass is 512 g/mol. The zero-order valence-electron chi connectivity index (χ0n) is 22.8. The predicted molar refractivity (Wildman–Crippen MR) is 162 cm³/mol. The highest BCUT2D eigenvalue weighted by Gasteiger charge is 2.11. The maximum atomic E-state index is 12.9. The van der Waals surface area contributed by atoms with Crippen molar-refractivity contribution in [3.8, 4) is 0 Å². The van der Waals surface area contributed by atoms with Crippen LogP contribution in [0.5, 0.6) is 0 Å². The standard InChI is InChI=1S/C31H40N6O/c1-5-7-8-26(6-2)29(15-16-32-4)34-23-35-30-21-28(14-9-24(30)3)36-31(38)27-12-10-25(11-13-27)22-37-19-17-33-18-20-37/h6-16,21,33,35H,4-5,17-20,22-23H2,1-3H3,(H,36,38)/b8-7-,16-15-,26-6+,34-29+. The molecule has 3 rings (SSSR count). The Bertz CT molecular complexity index is 1190. The van der Waals surface area contributed by atoms with Crippen molar-refractivity contribution in [2.75, 3.05) is 43.5 Å². The number of allylic oxidation sites excluding steroid dienone is 5. The van der Waals surface area contributed by atoms with Crippen LogP contribution in [0.25, 0.3) is 0 Å². The first-order valence-corrected chi connectivity index (χ1v) is 13.2. The van der Waals surface area contributed by atoms with Crippen LogP contribution in [0.1, 0.15) is 41.8 Å². The van der Waals surface area contributed by atoms with Crippen LogP contribution in [0, 0.1) is 6.92 Å². The second-order valence-corrected chi connectivity index (χ2v) is 9.14. The van der Waals surface area contributed by atoms with E-state index in [4.69, 9.17) is 4.99 Å². The lowest BCUT2D eigenvalue weighted by molar-refractivity contribution is 0.102. The third kappa shape index (κ3) is 8.94. The van der Waals surface area contributed by atoms with Crippen molar-refractivity contribution in [2.24, 2.45) is 9.98 Å². The van der Waals surface area contributed by atoms with Gasteiger partial charge in [0.25, 0.3) is 5.91 Å². The highest BCUT2D eigenvalue weighted by molar-refractivity contribution is 6.10. The molecule has 7 nitrogen and oxygen atoms in total. The van der Waals surface area contributed by atoms with Crippen LogP contribution in [-0.2, 0) is 6.54 Å². The van der Waals surface area contributed by atoms with Gasteiger partial charge in [-0.1, -0.05) is 43.4 Å². The Hall–Kier alpha value is -3.81. The molecule has 1 fully saturated rings. The summed E-state index contributed by atoms with van der Waals surface area (Å²) in [6.45, 7) is 15.1. The third-order valence-corrected chi connectivity index (χ3v) is 6.32. The van der Waals surface area contributed by atoms with Gasteiger partial charge in [-0.3, -0.25) is 19.7 Å². The number of nitrogens with one attached hydrogen (secondary N) is 3. The Morgan fingerprint density at radius 3 is 2.58 bits per heavy atom. The van der Waals surface area contributed by atoms with E-state index in [-0.39, 0.29) is 5.91 Å². The number of carbonyl (C=O) groups excluding carboxylic acids is 1. The molecular weight excluding hydrogens is 472 g/mol. The summed E-state index contributed by atoms with van der Waals surface area (Å²) in [5.74, 6) is -0.128. The zero-order valence-corrected chi connectivity index (χ0v) is 22.8. The van der Waals surface area contributed by atoms with E-state index >= 15 is 0 Å². The molecule has 200 valence electrons. The fraction of sp³-hybridized carbons (Fsp3) is 0.323. The van der Waals surface area contributed by atoms with Crippen LogP contribution in [-0.4, -0.2) is 56.1 Å². The molecule has 0 saturated carbocycles. The SMILES string of the molecule is C=N\C=C/C(=N\CNc1cc(NC(=O)c2ccc(CN3CCNCC3)cc2)ccc1C)C(/C=C\CC)=C/C. The molecule has 2 aromatic carbocycles. The highest BCUT2D eigenvalue weighted by Crippen LogP contribution is 2.21. The summed E-state index contributed by atoms with van der Waals surface area (Å²) >= 11 is 0. The molecule has 7 heteroatoms. The van der Waals surface area contributed by atoms with Gasteiger partial charge in [0.05, 0.1) is 5.71 Å². The van der Waals surface area contributed by atoms with Gasteiger partial charge < -0.3 is 16.0 Å². The number of hydrogen-bond donors (Lipinski definition) is 3. The van der Waals surface area contributed by atoms with Crippen LogP contribution in [0.4, 0.5) is 11.4 Å². The van der Waals surface area contributed by atoms with Gasteiger partial charge in [0.15, 0.2) is 0 Å². The fourth-order valence-electron chi connectivity index (χ4n) is 4.13. The molecule has 0 bridgehead atoms. The molecule has 0 aliphatic carbocycles. The predicted octanol–water partition coefficient (Wildman–Crippen LogP) is 5.59. The molecule has 0 aromatic heterocycles. The Balaban J connectivity index is 1.64. The smallest absolute Gasteiger partial charge is 0.255 e. The van der Waals surface area contributed by atoms with Crippen LogP contribution in [0.3, 0.4) is 0 Å². The fourth-order valence-corrected chi connectivity index (χ4v) is 4.13. The van der Waals surface area contributed by atoms with Crippen molar-refractivity contribution in [3.05, 3.63) is 95.2 Å². The van der Waals surface area contributed by atoms with Gasteiger partial charge >= 0.3 is 0 Å². The van der Waals surface area contributed by atoms with Gasteiger partial charge in [0.1, 0.15) is 6.67 Å². The Morgan fingerprint density at radius 2 is 1.89 bits per heavy atom. The Morgan fingerprint density at radius 1 is 1.13 bits per heavy atom. The zero-order chi connectivity index (χ0) is 27.2. The molecular formula is C31H40N6O. The first kappa shape index (κ1) is 28.8. The molecule has 0 radical (unpaired) electrons. The van der Waals surface area contributed by atoms with Gasteiger partial charge in [-0.05, 0) is 74.0 Å². The molecule has 1 saturated heterocycles. The number of nitrogens with zero attached hydrogens (tertiary/aromatic N) is 3. The van der Waals surface area contributed by atoms with Gasteiger partial charge in [0, 0.05) is 55.9 Å². The number of anilines is 2. The minimum absolute atomic E-state index is 0.128. The van der Waals surface area contributed by atoms with E-state index in [1.807, 2.05) is 68.5 Å². The minimum Gasteiger partial charge on any atom is -0.366 e. The summed E-state index contributed by atoms with van der Waals surface area (Å²) in [4.78, 5) is 23.9. The lowest BCUT2D eigenvalue weighted by Gasteiger charge is -2.27. The van der Waals surface area contributed by atoms with E-state index < -0.39 is 0 Å². The van der Waals surface area contributed by atoms with Gasteiger partial charge in [-0.15, -0.1) is 0 Å². The number of carbonyl (C=O) groups is 1. The lowest BCUT2D eigenvalue weighted by atomic mass is 10.1. The molecule has 0 atom stereocenters. The minimum atomic E-state index is -0.128. The molecule has 2 aromatic rings. The van der Waals surface area contributed by atoms with Crippen molar-refractivity contribution in [1.82, 2.24) is 10.2 Å². The van der Waals surface area contributed by atoms with E-state index in [1.165, 1.54) is 5.56 Å². The van der Waals surface area contributed by atoms with E-state index in [2.05, 4.69) is 51.6 Å². The number of benzene rings is 2. The van der Waals surface area contributed by atoms with Crippen LogP contribution in [0.15, 0.2) is 88.5 Å². The molecule has 1 aliphatic rings. The molecule has 38 heavy (non-hydrogen) atoms. The van der Waals surface area contributed by atoms with Crippen LogP contribution >= 0.6 is 0 Å². The number of hydrogen-bond acceptors (Lipinski definition) is 6. The summed E-state index contributed by atoms with van der Waals surface area (Å²) < 4.78 is 0. The number of amides is 1. The first-order valence-electron chi connectivity index (χ1n) is 13.2. The Kier molecular flexibility index (Phi) is 11.7. The average Bonchev–Trinajstić information content (AvgIpc) is 2.94. The van der Waals surface area contributed by atoms with Crippen LogP contribution in [0.2, 0.25) is 0 Å². The molecule has 1 heterocycles. The largest absolute Gasteiger partial charge is 0.366 e. The molecule has 0 unspecified atom stereocenters. The van der Waals surface area contributed by atoms with E-state index in [0.717, 1.165) is 67.4 Å². The lowest BCUT2D eigenvalue weighted by Crippen LogP contribution is -2.42. The quantitative estimate of drug-likeness (QED) is 0.256. The van der Waals surface area contributed by atoms with Crippen molar-refractivity contribution in [3.63, 3.8) is 0 Å². The number of piperazine rings is 1. The van der Waals surface area contributed by atoms with Crippen molar-refractivity contribution >= 4 is 29.7 Å². The Labute approximate surface area is 227 Å². The van der Waals surface area contributed by atoms with Gasteiger partial charge in [-0.25, -0.2) is 0 Å². The molecule has 1 amide bonds. The first-order chi connectivity index (χ1) is 18.5. The second kappa shape index (κ2) is 15.4. The summed E-state index contributed by atoms with van der Waals surface area (Å²) in [5, 5.41) is 9.77. The van der Waals surface area contributed by atoms with E-state index in [1.54, 1.807) is 6.20 Å². The van der Waals surface area contributed by atoms with Crippen molar-refractivity contribution in [2.45, 2.75) is 33.7 Å².